The molecular weight excluding hydrogens is 406 g/mol. The van der Waals surface area contributed by atoms with Gasteiger partial charge < -0.3 is 4.74 Å². The van der Waals surface area contributed by atoms with Gasteiger partial charge in [0.25, 0.3) is 0 Å². The van der Waals surface area contributed by atoms with Gasteiger partial charge in [0.2, 0.25) is 0 Å². The molecule has 0 saturated carbocycles. The number of hydrogen-bond donors (Lipinski definition) is 0. The number of alkyl halides is 3. The normalized spacial score (nSPS) is 11.8. The molecule has 0 unspecified atom stereocenters. The number of rotatable bonds is 7. The van der Waals surface area contributed by atoms with Crippen LogP contribution in [0.15, 0.2) is 42.5 Å². The molecule has 1 nitrogen and oxygen atoms in total. The quantitative estimate of drug-likeness (QED) is 0.372. The van der Waals surface area contributed by atoms with Crippen LogP contribution in [0.3, 0.4) is 0 Å². The summed E-state index contributed by atoms with van der Waals surface area (Å²) < 4.78 is 84.0. The molecule has 160 valence electrons. The minimum Gasteiger partial charge on any atom is -0.478 e. The van der Waals surface area contributed by atoms with E-state index in [4.69, 9.17) is 0 Å². The van der Waals surface area contributed by atoms with Crippen LogP contribution in [0.1, 0.15) is 30.0 Å². The molecule has 0 aliphatic carbocycles. The van der Waals surface area contributed by atoms with Crippen LogP contribution >= 0.6 is 0 Å². The predicted molar refractivity (Wildman–Crippen MR) is 103 cm³/mol. The lowest BCUT2D eigenvalue weighted by molar-refractivity contribution is -0.154. The highest BCUT2D eigenvalue weighted by atomic mass is 19.4. The van der Waals surface area contributed by atoms with E-state index in [1.807, 2.05) is 13.0 Å². The summed E-state index contributed by atoms with van der Waals surface area (Å²) in [5, 5.41) is 0.146. The molecule has 3 aromatic rings. The molecule has 30 heavy (non-hydrogen) atoms. The Morgan fingerprint density at radius 2 is 1.50 bits per heavy atom. The minimum absolute atomic E-state index is 0.0487. The van der Waals surface area contributed by atoms with Crippen molar-refractivity contribution in [2.75, 3.05) is 6.61 Å². The second-order valence-electron chi connectivity index (χ2n) is 7.14. The Balaban J connectivity index is 1.79. The van der Waals surface area contributed by atoms with Crippen LogP contribution in [0, 0.1) is 17.5 Å². The van der Waals surface area contributed by atoms with E-state index < -0.39 is 30.2 Å². The number of fused-ring (bicyclic) bond motifs is 1. The van der Waals surface area contributed by atoms with Gasteiger partial charge in [0.1, 0.15) is 5.82 Å². The van der Waals surface area contributed by atoms with E-state index in [0.29, 0.717) is 18.4 Å². The number of halogens is 6. The van der Waals surface area contributed by atoms with Gasteiger partial charge in [-0.15, -0.1) is 0 Å². The molecule has 0 fully saturated rings. The molecule has 0 heterocycles. The lowest BCUT2D eigenvalue weighted by atomic mass is 9.99. The maximum atomic E-state index is 14.5. The first-order valence-electron chi connectivity index (χ1n) is 9.55. The molecule has 0 aliphatic rings. The fourth-order valence-electron chi connectivity index (χ4n) is 3.32. The molecule has 0 aliphatic heterocycles. The van der Waals surface area contributed by atoms with E-state index >= 15 is 0 Å². The van der Waals surface area contributed by atoms with E-state index in [1.165, 1.54) is 12.1 Å². The molecule has 0 bridgehead atoms. The van der Waals surface area contributed by atoms with Crippen molar-refractivity contribution in [3.8, 4) is 5.75 Å². The summed E-state index contributed by atoms with van der Waals surface area (Å²) in [5.74, 6) is -3.73. The summed E-state index contributed by atoms with van der Waals surface area (Å²) in [4.78, 5) is 0. The third-order valence-corrected chi connectivity index (χ3v) is 4.77. The third-order valence-electron chi connectivity index (χ3n) is 4.77. The molecule has 0 radical (unpaired) electrons. The SMILES string of the molecule is CCCc1ccc(CCc2ccc3c(F)c(OCC(F)(F)F)c(F)cc3c2)c(F)c1. The van der Waals surface area contributed by atoms with Gasteiger partial charge in [-0.2, -0.15) is 13.2 Å². The molecule has 0 amide bonds. The topological polar surface area (TPSA) is 9.23 Å². The first kappa shape index (κ1) is 22.0. The first-order chi connectivity index (χ1) is 14.2. The van der Waals surface area contributed by atoms with Gasteiger partial charge in [-0.25, -0.2) is 13.2 Å². The molecule has 0 saturated heterocycles. The second-order valence-corrected chi connectivity index (χ2v) is 7.14. The molecular formula is C23H20F6O. The Kier molecular flexibility index (Phi) is 6.58. The average molecular weight is 426 g/mol. The Morgan fingerprint density at radius 3 is 2.17 bits per heavy atom. The van der Waals surface area contributed by atoms with Crippen LogP contribution < -0.4 is 4.74 Å². The maximum absolute atomic E-state index is 14.5. The van der Waals surface area contributed by atoms with Gasteiger partial charge in [0.05, 0.1) is 0 Å². The van der Waals surface area contributed by atoms with Crippen LogP contribution in [0.25, 0.3) is 10.8 Å². The van der Waals surface area contributed by atoms with Gasteiger partial charge in [-0.1, -0.05) is 43.7 Å². The van der Waals surface area contributed by atoms with Crippen molar-refractivity contribution in [1.82, 2.24) is 0 Å². The number of benzene rings is 3. The highest BCUT2D eigenvalue weighted by molar-refractivity contribution is 5.85. The van der Waals surface area contributed by atoms with Crippen LogP contribution in [0.2, 0.25) is 0 Å². The van der Waals surface area contributed by atoms with Crippen molar-refractivity contribution in [2.24, 2.45) is 0 Å². The fraction of sp³-hybridized carbons (Fsp3) is 0.304. The van der Waals surface area contributed by atoms with Crippen molar-refractivity contribution in [1.29, 1.82) is 0 Å². The van der Waals surface area contributed by atoms with E-state index in [1.54, 1.807) is 18.2 Å². The molecule has 3 rings (SSSR count). The monoisotopic (exact) mass is 426 g/mol. The predicted octanol–water partition coefficient (Wildman–Crippen LogP) is 6.94. The molecule has 7 heteroatoms. The zero-order chi connectivity index (χ0) is 21.9. The van der Waals surface area contributed by atoms with Crippen molar-refractivity contribution in [3.05, 3.63) is 76.6 Å². The van der Waals surface area contributed by atoms with Crippen molar-refractivity contribution < 1.29 is 31.1 Å². The van der Waals surface area contributed by atoms with Gasteiger partial charge in [0, 0.05) is 5.39 Å². The summed E-state index contributed by atoms with van der Waals surface area (Å²) in [7, 11) is 0. The summed E-state index contributed by atoms with van der Waals surface area (Å²) in [5.41, 5.74) is 2.20. The van der Waals surface area contributed by atoms with E-state index in [2.05, 4.69) is 4.74 Å². The fourth-order valence-corrected chi connectivity index (χ4v) is 3.32. The first-order valence-corrected chi connectivity index (χ1v) is 9.55. The highest BCUT2D eigenvalue weighted by Crippen LogP contribution is 2.32. The lowest BCUT2D eigenvalue weighted by Crippen LogP contribution is -2.20. The van der Waals surface area contributed by atoms with Gasteiger partial charge in [-0.05, 0) is 53.5 Å². The van der Waals surface area contributed by atoms with Crippen molar-refractivity contribution >= 4 is 10.8 Å². The molecule has 0 N–H and O–H groups in total. The number of hydrogen-bond acceptors (Lipinski definition) is 1. The van der Waals surface area contributed by atoms with Crippen LogP contribution in [-0.4, -0.2) is 12.8 Å². The Morgan fingerprint density at radius 1 is 0.800 bits per heavy atom. The van der Waals surface area contributed by atoms with Crippen LogP contribution in [0.4, 0.5) is 26.3 Å². The van der Waals surface area contributed by atoms with Crippen LogP contribution in [-0.2, 0) is 19.3 Å². The molecule has 0 spiro atoms. The zero-order valence-electron chi connectivity index (χ0n) is 16.3. The average Bonchev–Trinajstić information content (AvgIpc) is 2.66. The summed E-state index contributed by atoms with van der Waals surface area (Å²) >= 11 is 0. The number of ether oxygens (including phenoxy) is 1. The maximum Gasteiger partial charge on any atom is 0.422 e. The largest absolute Gasteiger partial charge is 0.478 e. The van der Waals surface area contributed by atoms with E-state index in [9.17, 15) is 26.3 Å². The smallest absolute Gasteiger partial charge is 0.422 e. The molecule has 0 atom stereocenters. The third kappa shape index (κ3) is 5.26. The van der Waals surface area contributed by atoms with Gasteiger partial charge in [0.15, 0.2) is 24.0 Å². The Labute approximate surface area is 170 Å². The second kappa shape index (κ2) is 8.98. The summed E-state index contributed by atoms with van der Waals surface area (Å²) in [6.07, 6.45) is -2.14. The standard InChI is InChI=1S/C23H20F6O/c1-2-3-14-4-7-16(19(24)11-14)8-5-15-6-9-18-17(10-15)12-20(25)22(21(18)26)30-13-23(27,28)29/h4,6-7,9-12H,2-3,5,8,13H2,1H3. The zero-order valence-corrected chi connectivity index (χ0v) is 16.3. The van der Waals surface area contributed by atoms with E-state index in [0.717, 1.165) is 30.0 Å². The summed E-state index contributed by atoms with van der Waals surface area (Å²) in [6.45, 7) is 0.232. The van der Waals surface area contributed by atoms with Crippen molar-refractivity contribution in [3.63, 3.8) is 0 Å². The highest BCUT2D eigenvalue weighted by Gasteiger charge is 2.30. The van der Waals surface area contributed by atoms with Crippen molar-refractivity contribution in [2.45, 2.75) is 38.8 Å². The number of aryl methyl sites for hydroxylation is 3. The molecule has 0 aromatic heterocycles. The molecule has 3 aromatic carbocycles. The Bertz CT molecular complexity index is 1040. The van der Waals surface area contributed by atoms with Gasteiger partial charge >= 0.3 is 6.18 Å². The minimum atomic E-state index is -4.71. The Hall–Kier alpha value is -2.70. The lowest BCUT2D eigenvalue weighted by Gasteiger charge is -2.13. The van der Waals surface area contributed by atoms with Gasteiger partial charge in [-0.3, -0.25) is 0 Å². The van der Waals surface area contributed by atoms with Crippen LogP contribution in [0.5, 0.6) is 5.75 Å². The van der Waals surface area contributed by atoms with E-state index in [-0.39, 0.29) is 16.6 Å². The summed E-state index contributed by atoms with van der Waals surface area (Å²) in [6, 6.07) is 10.6.